The van der Waals surface area contributed by atoms with Gasteiger partial charge < -0.3 is 16.0 Å². The molecule has 0 aliphatic rings. The van der Waals surface area contributed by atoms with Crippen molar-refractivity contribution in [3.63, 3.8) is 0 Å². The number of carbonyl (C=O) groups is 2. The molecule has 22 heavy (non-hydrogen) atoms. The fourth-order valence-electron chi connectivity index (χ4n) is 2.15. The smallest absolute Gasteiger partial charge is 0.244 e. The van der Waals surface area contributed by atoms with Crippen LogP contribution in [-0.4, -0.2) is 36.3 Å². The summed E-state index contributed by atoms with van der Waals surface area (Å²) < 4.78 is 0. The molecule has 0 spiro atoms. The van der Waals surface area contributed by atoms with Gasteiger partial charge in [-0.1, -0.05) is 18.2 Å². The summed E-state index contributed by atoms with van der Waals surface area (Å²) in [5.74, 6) is -0.199. The molecule has 0 saturated heterocycles. The van der Waals surface area contributed by atoms with Crippen molar-refractivity contribution in [1.29, 1.82) is 0 Å². The van der Waals surface area contributed by atoms with E-state index in [1.807, 2.05) is 39.0 Å². The Morgan fingerprint density at radius 3 is 2.32 bits per heavy atom. The number of nitrogens with zero attached hydrogens (tertiary/aromatic N) is 1. The van der Waals surface area contributed by atoms with Crippen molar-refractivity contribution < 1.29 is 9.59 Å². The first-order valence-electron chi connectivity index (χ1n) is 7.33. The molecule has 1 aromatic rings. The number of halogens is 1. The maximum Gasteiger partial charge on any atom is 0.244 e. The van der Waals surface area contributed by atoms with Crippen LogP contribution in [0.25, 0.3) is 0 Å². The molecule has 2 amide bonds. The van der Waals surface area contributed by atoms with Crippen LogP contribution in [0.4, 0.5) is 5.69 Å². The van der Waals surface area contributed by atoms with Crippen molar-refractivity contribution in [3.8, 4) is 0 Å². The monoisotopic (exact) mass is 327 g/mol. The Hall–Kier alpha value is -1.59. The Morgan fingerprint density at radius 2 is 1.82 bits per heavy atom. The average molecular weight is 328 g/mol. The summed E-state index contributed by atoms with van der Waals surface area (Å²) in [6.45, 7) is 6.85. The van der Waals surface area contributed by atoms with Crippen molar-refractivity contribution in [2.75, 3.05) is 25.0 Å². The second-order valence-electron chi connectivity index (χ2n) is 5.12. The van der Waals surface area contributed by atoms with Crippen molar-refractivity contribution in [3.05, 3.63) is 29.3 Å². The summed E-state index contributed by atoms with van der Waals surface area (Å²) in [5, 5.41) is 2.90. The van der Waals surface area contributed by atoms with Gasteiger partial charge in [-0.3, -0.25) is 9.59 Å². The lowest BCUT2D eigenvalue weighted by atomic mass is 10.1. The third-order valence-corrected chi connectivity index (χ3v) is 3.41. The van der Waals surface area contributed by atoms with Gasteiger partial charge in [0.1, 0.15) is 0 Å². The Kier molecular flexibility index (Phi) is 9.45. The molecule has 0 unspecified atom stereocenters. The van der Waals surface area contributed by atoms with Crippen LogP contribution in [0.15, 0.2) is 18.2 Å². The van der Waals surface area contributed by atoms with Gasteiger partial charge in [-0.15, -0.1) is 12.4 Å². The number of nitrogens with one attached hydrogen (secondary N) is 1. The van der Waals surface area contributed by atoms with Crippen LogP contribution < -0.4 is 11.1 Å². The van der Waals surface area contributed by atoms with E-state index in [4.69, 9.17) is 5.73 Å². The van der Waals surface area contributed by atoms with Gasteiger partial charge >= 0.3 is 0 Å². The molecule has 0 heterocycles. The number of anilines is 1. The minimum atomic E-state index is -0.171. The Labute approximate surface area is 138 Å². The molecule has 0 fully saturated rings. The zero-order valence-corrected chi connectivity index (χ0v) is 14.3. The molecule has 1 rings (SSSR count). The molecule has 0 aliphatic heterocycles. The summed E-state index contributed by atoms with van der Waals surface area (Å²) in [5.41, 5.74) is 8.26. The van der Waals surface area contributed by atoms with Crippen LogP contribution in [0.1, 0.15) is 30.9 Å². The van der Waals surface area contributed by atoms with Crippen LogP contribution in [-0.2, 0) is 9.59 Å². The van der Waals surface area contributed by atoms with E-state index in [9.17, 15) is 9.59 Å². The molecule has 1 aromatic carbocycles. The summed E-state index contributed by atoms with van der Waals surface area (Å²) >= 11 is 0. The molecular formula is C16H26ClN3O2. The van der Waals surface area contributed by atoms with Gasteiger partial charge in [0, 0.05) is 18.7 Å². The first-order chi connectivity index (χ1) is 9.99. The van der Waals surface area contributed by atoms with Crippen molar-refractivity contribution >= 4 is 29.9 Å². The lowest BCUT2D eigenvalue weighted by Gasteiger charge is -2.21. The van der Waals surface area contributed by atoms with Gasteiger partial charge in [0.15, 0.2) is 0 Å². The largest absolute Gasteiger partial charge is 0.334 e. The fourth-order valence-corrected chi connectivity index (χ4v) is 2.15. The highest BCUT2D eigenvalue weighted by Crippen LogP contribution is 2.19. The number of rotatable bonds is 7. The third-order valence-electron chi connectivity index (χ3n) is 3.41. The molecule has 0 aromatic heterocycles. The summed E-state index contributed by atoms with van der Waals surface area (Å²) in [4.78, 5) is 25.6. The lowest BCUT2D eigenvalue weighted by molar-refractivity contribution is -0.134. The maximum absolute atomic E-state index is 12.1. The molecule has 0 aliphatic carbocycles. The van der Waals surface area contributed by atoms with Crippen LogP contribution in [0.2, 0.25) is 0 Å². The number of benzene rings is 1. The number of hydrogen-bond donors (Lipinski definition) is 2. The zero-order chi connectivity index (χ0) is 15.8. The van der Waals surface area contributed by atoms with Crippen LogP contribution in [0.5, 0.6) is 0 Å². The number of aryl methyl sites for hydroxylation is 2. The predicted octanol–water partition coefficient (Wildman–Crippen LogP) is 2.25. The van der Waals surface area contributed by atoms with E-state index in [0.717, 1.165) is 16.8 Å². The maximum atomic E-state index is 12.1. The quantitative estimate of drug-likeness (QED) is 0.806. The van der Waals surface area contributed by atoms with E-state index in [1.165, 1.54) is 0 Å². The fraction of sp³-hybridized carbons (Fsp3) is 0.500. The zero-order valence-electron chi connectivity index (χ0n) is 13.5. The molecule has 0 saturated carbocycles. The first-order valence-corrected chi connectivity index (χ1v) is 7.33. The molecule has 5 nitrogen and oxygen atoms in total. The standard InChI is InChI=1S/C16H25N3O2.ClH/c1-4-19(15(21)9-6-10-17)11-14(20)18-16-12(2)7-5-8-13(16)3;/h5,7-8H,4,6,9-11,17H2,1-3H3,(H,18,20);1H. The minimum absolute atomic E-state index is 0. The minimum Gasteiger partial charge on any atom is -0.334 e. The second-order valence-corrected chi connectivity index (χ2v) is 5.12. The molecule has 124 valence electrons. The molecule has 0 radical (unpaired) electrons. The Balaban J connectivity index is 0.00000441. The highest BCUT2D eigenvalue weighted by atomic mass is 35.5. The summed E-state index contributed by atoms with van der Waals surface area (Å²) in [7, 11) is 0. The molecule has 0 atom stereocenters. The molecule has 6 heteroatoms. The van der Waals surface area contributed by atoms with Crippen molar-refractivity contribution in [2.45, 2.75) is 33.6 Å². The van der Waals surface area contributed by atoms with Crippen LogP contribution in [0, 0.1) is 13.8 Å². The number of hydrogen-bond acceptors (Lipinski definition) is 3. The van der Waals surface area contributed by atoms with E-state index in [2.05, 4.69) is 5.32 Å². The topological polar surface area (TPSA) is 75.4 Å². The third kappa shape index (κ3) is 6.03. The molecule has 0 bridgehead atoms. The summed E-state index contributed by atoms with van der Waals surface area (Å²) in [6, 6.07) is 5.86. The van der Waals surface area contributed by atoms with E-state index in [1.54, 1.807) is 4.90 Å². The van der Waals surface area contributed by atoms with E-state index in [-0.39, 0.29) is 30.8 Å². The SMILES string of the molecule is CCN(CC(=O)Nc1c(C)cccc1C)C(=O)CCCN.Cl. The number of para-hydroxylation sites is 1. The van der Waals surface area contributed by atoms with E-state index in [0.29, 0.717) is 25.9 Å². The Bertz CT molecular complexity index is 486. The Morgan fingerprint density at radius 1 is 1.23 bits per heavy atom. The first kappa shape index (κ1) is 20.4. The highest BCUT2D eigenvalue weighted by Gasteiger charge is 2.16. The molecule has 3 N–H and O–H groups in total. The van der Waals surface area contributed by atoms with Crippen molar-refractivity contribution in [2.24, 2.45) is 5.73 Å². The van der Waals surface area contributed by atoms with Gasteiger partial charge in [-0.2, -0.15) is 0 Å². The predicted molar refractivity (Wildman–Crippen MR) is 92.3 cm³/mol. The number of nitrogens with two attached hydrogens (primary N) is 1. The normalized spacial score (nSPS) is 9.82. The molecular weight excluding hydrogens is 302 g/mol. The van der Waals surface area contributed by atoms with Gasteiger partial charge in [0.05, 0.1) is 6.54 Å². The van der Waals surface area contributed by atoms with E-state index >= 15 is 0 Å². The average Bonchev–Trinajstić information content (AvgIpc) is 2.46. The van der Waals surface area contributed by atoms with Crippen LogP contribution >= 0.6 is 12.4 Å². The highest BCUT2D eigenvalue weighted by molar-refractivity contribution is 5.95. The van der Waals surface area contributed by atoms with Crippen LogP contribution in [0.3, 0.4) is 0 Å². The van der Waals surface area contributed by atoms with Gasteiger partial charge in [-0.05, 0) is 44.9 Å². The van der Waals surface area contributed by atoms with Gasteiger partial charge in [-0.25, -0.2) is 0 Å². The lowest BCUT2D eigenvalue weighted by Crippen LogP contribution is -2.38. The second kappa shape index (κ2) is 10.2. The number of amides is 2. The number of carbonyl (C=O) groups excluding carboxylic acids is 2. The number of likely N-dealkylation sites (N-methyl/N-ethyl adjacent to an activating group) is 1. The summed E-state index contributed by atoms with van der Waals surface area (Å²) in [6.07, 6.45) is 1.04. The van der Waals surface area contributed by atoms with Crippen molar-refractivity contribution in [1.82, 2.24) is 4.90 Å². The van der Waals surface area contributed by atoms with Gasteiger partial charge in [0.2, 0.25) is 11.8 Å². The van der Waals surface area contributed by atoms with Gasteiger partial charge in [0.25, 0.3) is 0 Å². The van der Waals surface area contributed by atoms with E-state index < -0.39 is 0 Å².